The lowest BCUT2D eigenvalue weighted by atomic mass is 9.96. The highest BCUT2D eigenvalue weighted by Crippen LogP contribution is 2.20. The first-order valence-electron chi connectivity index (χ1n) is 4.48. The average molecular weight is 185 g/mol. The van der Waals surface area contributed by atoms with Crippen molar-refractivity contribution in [2.24, 2.45) is 0 Å². The largest absolute Gasteiger partial charge is 0.467 e. The number of rotatable bonds is 1. The number of amides is 1. The van der Waals surface area contributed by atoms with E-state index >= 15 is 0 Å². The van der Waals surface area contributed by atoms with Crippen molar-refractivity contribution < 1.29 is 14.3 Å². The summed E-state index contributed by atoms with van der Waals surface area (Å²) in [6.07, 6.45) is 2.89. The van der Waals surface area contributed by atoms with Gasteiger partial charge in [0.15, 0.2) is 0 Å². The molecule has 1 rings (SSSR count). The van der Waals surface area contributed by atoms with Crippen LogP contribution in [0.5, 0.6) is 0 Å². The third-order valence-corrected chi connectivity index (χ3v) is 2.38. The van der Waals surface area contributed by atoms with E-state index in [4.69, 9.17) is 0 Å². The van der Waals surface area contributed by atoms with Crippen LogP contribution in [-0.4, -0.2) is 24.5 Å². The van der Waals surface area contributed by atoms with Gasteiger partial charge in [-0.1, -0.05) is 6.42 Å². The minimum Gasteiger partial charge on any atom is -0.467 e. The van der Waals surface area contributed by atoms with E-state index < -0.39 is 5.54 Å². The third kappa shape index (κ3) is 2.20. The van der Waals surface area contributed by atoms with Gasteiger partial charge in [-0.2, -0.15) is 0 Å². The predicted molar refractivity (Wildman–Crippen MR) is 47.0 cm³/mol. The molecule has 1 N–H and O–H groups in total. The lowest BCUT2D eigenvalue weighted by Crippen LogP contribution is -2.51. The van der Waals surface area contributed by atoms with E-state index in [1.807, 2.05) is 0 Å². The molecule has 0 bridgehead atoms. The van der Waals surface area contributed by atoms with E-state index in [1.165, 1.54) is 7.11 Å². The Morgan fingerprint density at radius 2 is 2.23 bits per heavy atom. The van der Waals surface area contributed by atoms with E-state index in [2.05, 4.69) is 10.1 Å². The maximum atomic E-state index is 11.4. The molecule has 0 aromatic carbocycles. The van der Waals surface area contributed by atoms with Crippen LogP contribution in [0.4, 0.5) is 0 Å². The zero-order valence-electron chi connectivity index (χ0n) is 8.05. The van der Waals surface area contributed by atoms with Gasteiger partial charge in [-0.15, -0.1) is 0 Å². The van der Waals surface area contributed by atoms with Crippen LogP contribution in [0.1, 0.15) is 32.6 Å². The lowest BCUT2D eigenvalue weighted by molar-refractivity contribution is -0.150. The monoisotopic (exact) mass is 185 g/mol. The zero-order chi connectivity index (χ0) is 9.90. The summed E-state index contributed by atoms with van der Waals surface area (Å²) in [6, 6.07) is 0. The summed E-state index contributed by atoms with van der Waals surface area (Å²) >= 11 is 0. The second-order valence-electron chi connectivity index (χ2n) is 3.58. The number of methoxy groups -OCH3 is 1. The highest BCUT2D eigenvalue weighted by atomic mass is 16.5. The van der Waals surface area contributed by atoms with Crippen molar-refractivity contribution in [2.75, 3.05) is 7.11 Å². The standard InChI is InChI=1S/C9H15NO3/c1-9(8(12)13-2)6-4-3-5-7(11)10-9/h3-6H2,1-2H3,(H,10,11). The number of esters is 1. The molecule has 1 fully saturated rings. The van der Waals surface area contributed by atoms with Crippen LogP contribution in [0.15, 0.2) is 0 Å². The molecule has 13 heavy (non-hydrogen) atoms. The fourth-order valence-corrected chi connectivity index (χ4v) is 1.58. The van der Waals surface area contributed by atoms with Crippen molar-refractivity contribution in [3.63, 3.8) is 0 Å². The second-order valence-corrected chi connectivity index (χ2v) is 3.58. The third-order valence-electron chi connectivity index (χ3n) is 2.38. The van der Waals surface area contributed by atoms with Gasteiger partial charge in [0.05, 0.1) is 7.11 Å². The SMILES string of the molecule is COC(=O)C1(C)CCCCC(=O)N1. The number of carbonyl (C=O) groups excluding carboxylic acids is 2. The number of hydrogen-bond acceptors (Lipinski definition) is 3. The molecule has 1 aliphatic rings. The van der Waals surface area contributed by atoms with Gasteiger partial charge in [0.2, 0.25) is 5.91 Å². The Kier molecular flexibility index (Phi) is 2.90. The Balaban J connectivity index is 2.74. The topological polar surface area (TPSA) is 55.4 Å². The molecule has 0 spiro atoms. The van der Waals surface area contributed by atoms with Gasteiger partial charge in [0, 0.05) is 6.42 Å². The first kappa shape index (κ1) is 10.0. The molecular weight excluding hydrogens is 170 g/mol. The van der Waals surface area contributed by atoms with Gasteiger partial charge in [-0.05, 0) is 19.8 Å². The van der Waals surface area contributed by atoms with Gasteiger partial charge >= 0.3 is 5.97 Å². The Bertz CT molecular complexity index is 227. The Morgan fingerprint density at radius 3 is 2.85 bits per heavy atom. The summed E-state index contributed by atoms with van der Waals surface area (Å²) in [6.45, 7) is 1.71. The minimum atomic E-state index is -0.817. The van der Waals surface area contributed by atoms with E-state index in [0.29, 0.717) is 12.8 Å². The summed E-state index contributed by atoms with van der Waals surface area (Å²) in [4.78, 5) is 22.6. The molecule has 74 valence electrons. The van der Waals surface area contributed by atoms with Crippen LogP contribution < -0.4 is 5.32 Å². The number of hydrogen-bond donors (Lipinski definition) is 1. The Hall–Kier alpha value is -1.06. The first-order chi connectivity index (χ1) is 6.08. The number of nitrogens with one attached hydrogen (secondary N) is 1. The summed E-state index contributed by atoms with van der Waals surface area (Å²) < 4.78 is 4.64. The zero-order valence-corrected chi connectivity index (χ0v) is 8.05. The molecule has 1 heterocycles. The lowest BCUT2D eigenvalue weighted by Gasteiger charge is -2.25. The van der Waals surface area contributed by atoms with Gasteiger partial charge < -0.3 is 10.1 Å². The molecule has 1 atom stereocenters. The highest BCUT2D eigenvalue weighted by molar-refractivity contribution is 5.88. The summed E-state index contributed by atoms with van der Waals surface area (Å²) in [7, 11) is 1.34. The molecule has 1 unspecified atom stereocenters. The van der Waals surface area contributed by atoms with E-state index in [-0.39, 0.29) is 11.9 Å². The van der Waals surface area contributed by atoms with E-state index in [0.717, 1.165) is 12.8 Å². The Labute approximate surface area is 77.6 Å². The summed E-state index contributed by atoms with van der Waals surface area (Å²) in [5, 5.41) is 2.69. The van der Waals surface area contributed by atoms with Crippen LogP contribution >= 0.6 is 0 Å². The van der Waals surface area contributed by atoms with Crippen molar-refractivity contribution in [3.05, 3.63) is 0 Å². The normalized spacial score (nSPS) is 28.9. The molecule has 0 aromatic rings. The van der Waals surface area contributed by atoms with Gasteiger partial charge in [-0.25, -0.2) is 4.79 Å². The van der Waals surface area contributed by atoms with E-state index in [9.17, 15) is 9.59 Å². The summed E-state index contributed by atoms with van der Waals surface area (Å²) in [5.74, 6) is -0.423. The first-order valence-corrected chi connectivity index (χ1v) is 4.48. The Morgan fingerprint density at radius 1 is 1.54 bits per heavy atom. The second kappa shape index (κ2) is 3.77. The van der Waals surface area contributed by atoms with Crippen molar-refractivity contribution >= 4 is 11.9 Å². The quantitative estimate of drug-likeness (QED) is 0.609. The minimum absolute atomic E-state index is 0.0644. The average Bonchev–Trinajstić information content (AvgIpc) is 2.26. The van der Waals surface area contributed by atoms with Crippen molar-refractivity contribution in [1.82, 2.24) is 5.32 Å². The van der Waals surface area contributed by atoms with Crippen molar-refractivity contribution in [1.29, 1.82) is 0 Å². The van der Waals surface area contributed by atoms with Crippen LogP contribution in [0.3, 0.4) is 0 Å². The maximum absolute atomic E-state index is 11.4. The van der Waals surface area contributed by atoms with E-state index in [1.54, 1.807) is 6.92 Å². The highest BCUT2D eigenvalue weighted by Gasteiger charge is 2.36. The van der Waals surface area contributed by atoms with Gasteiger partial charge in [0.25, 0.3) is 0 Å². The van der Waals surface area contributed by atoms with Gasteiger partial charge in [-0.3, -0.25) is 4.79 Å². The molecule has 0 aliphatic carbocycles. The predicted octanol–water partition coefficient (Wildman–Crippen LogP) is 0.608. The van der Waals surface area contributed by atoms with Crippen LogP contribution in [0.25, 0.3) is 0 Å². The molecule has 1 saturated heterocycles. The fourth-order valence-electron chi connectivity index (χ4n) is 1.58. The molecule has 0 saturated carbocycles. The van der Waals surface area contributed by atoms with Crippen molar-refractivity contribution in [3.8, 4) is 0 Å². The molecule has 4 nitrogen and oxygen atoms in total. The number of carbonyl (C=O) groups is 2. The van der Waals surface area contributed by atoms with Crippen LogP contribution in [-0.2, 0) is 14.3 Å². The molecular formula is C9H15NO3. The molecule has 4 heteroatoms. The van der Waals surface area contributed by atoms with Crippen LogP contribution in [0, 0.1) is 0 Å². The number of ether oxygens (including phenoxy) is 1. The van der Waals surface area contributed by atoms with Crippen LogP contribution in [0.2, 0.25) is 0 Å². The molecule has 0 aromatic heterocycles. The summed E-state index contributed by atoms with van der Waals surface area (Å²) in [5.41, 5.74) is -0.817. The molecule has 1 amide bonds. The molecule has 1 aliphatic heterocycles. The van der Waals surface area contributed by atoms with Gasteiger partial charge in [0.1, 0.15) is 5.54 Å². The maximum Gasteiger partial charge on any atom is 0.331 e. The smallest absolute Gasteiger partial charge is 0.331 e. The fraction of sp³-hybridized carbons (Fsp3) is 0.778. The molecule has 0 radical (unpaired) electrons. The van der Waals surface area contributed by atoms with Crippen molar-refractivity contribution in [2.45, 2.75) is 38.1 Å².